The molecular weight excluding hydrogens is 260 g/mol. The van der Waals surface area contributed by atoms with Gasteiger partial charge in [0.15, 0.2) is 5.65 Å². The van der Waals surface area contributed by atoms with E-state index in [1.165, 1.54) is 18.4 Å². The molecule has 2 heterocycles. The average molecular weight is 276 g/mol. The lowest BCUT2D eigenvalue weighted by Crippen LogP contribution is -2.00. The van der Waals surface area contributed by atoms with Gasteiger partial charge in [0, 0.05) is 23.1 Å². The molecule has 0 saturated heterocycles. The van der Waals surface area contributed by atoms with E-state index < -0.39 is 0 Å². The highest BCUT2D eigenvalue weighted by atomic mass is 15.0. The number of hydrogen-bond acceptors (Lipinski definition) is 4. The van der Waals surface area contributed by atoms with Crippen molar-refractivity contribution in [1.82, 2.24) is 15.0 Å². The lowest BCUT2D eigenvalue weighted by atomic mass is 10.0. The number of nitrogen functional groups attached to an aromatic ring is 1. The van der Waals surface area contributed by atoms with Crippen LogP contribution >= 0.6 is 0 Å². The smallest absolute Gasteiger partial charge is 0.165 e. The summed E-state index contributed by atoms with van der Waals surface area (Å²) in [5, 5.41) is 0.937. The van der Waals surface area contributed by atoms with Gasteiger partial charge >= 0.3 is 0 Å². The molecule has 1 aromatic carbocycles. The Bertz CT molecular complexity index is 837. The van der Waals surface area contributed by atoms with Crippen LogP contribution in [0, 0.1) is 6.92 Å². The first kappa shape index (κ1) is 12.3. The van der Waals surface area contributed by atoms with Gasteiger partial charge in [-0.05, 0) is 37.0 Å². The molecule has 3 aromatic rings. The Morgan fingerprint density at radius 3 is 2.67 bits per heavy atom. The summed E-state index contributed by atoms with van der Waals surface area (Å²) in [6.45, 7) is 2.08. The van der Waals surface area contributed by atoms with Gasteiger partial charge < -0.3 is 5.73 Å². The van der Waals surface area contributed by atoms with E-state index in [1.54, 1.807) is 0 Å². The van der Waals surface area contributed by atoms with Crippen LogP contribution in [0.1, 0.15) is 30.1 Å². The third kappa shape index (κ3) is 2.13. The second-order valence-electron chi connectivity index (χ2n) is 5.65. The van der Waals surface area contributed by atoms with Crippen molar-refractivity contribution in [3.63, 3.8) is 0 Å². The number of hydrogen-bond donors (Lipinski definition) is 1. The second kappa shape index (κ2) is 4.52. The predicted octanol–water partition coefficient (Wildman–Crippen LogP) is 3.46. The fraction of sp³-hybridized carbons (Fsp3) is 0.235. The van der Waals surface area contributed by atoms with Gasteiger partial charge in [-0.3, -0.25) is 0 Å². The fourth-order valence-corrected chi connectivity index (χ4v) is 2.62. The van der Waals surface area contributed by atoms with Crippen LogP contribution in [0.2, 0.25) is 0 Å². The quantitative estimate of drug-likeness (QED) is 0.778. The van der Waals surface area contributed by atoms with E-state index in [9.17, 15) is 0 Å². The standard InChI is InChI=1S/C17H16N4/c1-10-4-2-3-5-13(10)14-8-12-9-19-16(11-6-7-11)21-17(12)20-15(14)18/h2-5,8-9,11H,6-7H2,1H3,(H2,18,19,20,21). The third-order valence-corrected chi connectivity index (χ3v) is 3.99. The number of nitrogens with two attached hydrogens (primary N) is 1. The first-order valence-electron chi connectivity index (χ1n) is 7.21. The van der Waals surface area contributed by atoms with Crippen molar-refractivity contribution in [3.8, 4) is 11.1 Å². The predicted molar refractivity (Wildman–Crippen MR) is 83.9 cm³/mol. The minimum Gasteiger partial charge on any atom is -0.383 e. The van der Waals surface area contributed by atoms with E-state index in [0.29, 0.717) is 17.4 Å². The SMILES string of the molecule is Cc1ccccc1-c1cc2cnc(C3CC3)nc2nc1N. The van der Waals surface area contributed by atoms with Crippen molar-refractivity contribution >= 4 is 16.9 Å². The summed E-state index contributed by atoms with van der Waals surface area (Å²) in [4.78, 5) is 13.5. The molecule has 4 rings (SSSR count). The topological polar surface area (TPSA) is 64.7 Å². The Hall–Kier alpha value is -2.49. The molecule has 0 unspecified atom stereocenters. The molecule has 1 saturated carbocycles. The van der Waals surface area contributed by atoms with Gasteiger partial charge in [-0.1, -0.05) is 24.3 Å². The maximum atomic E-state index is 6.16. The van der Waals surface area contributed by atoms with Crippen LogP contribution in [0.25, 0.3) is 22.2 Å². The summed E-state index contributed by atoms with van der Waals surface area (Å²) >= 11 is 0. The highest BCUT2D eigenvalue weighted by Gasteiger charge is 2.26. The Kier molecular flexibility index (Phi) is 2.64. The molecule has 0 bridgehead atoms. The zero-order chi connectivity index (χ0) is 14.4. The van der Waals surface area contributed by atoms with Crippen molar-refractivity contribution in [2.45, 2.75) is 25.7 Å². The van der Waals surface area contributed by atoms with Gasteiger partial charge in [-0.25, -0.2) is 15.0 Å². The van der Waals surface area contributed by atoms with Crippen molar-refractivity contribution in [2.24, 2.45) is 0 Å². The summed E-state index contributed by atoms with van der Waals surface area (Å²) in [6.07, 6.45) is 4.23. The molecule has 4 nitrogen and oxygen atoms in total. The number of nitrogens with zero attached hydrogens (tertiary/aromatic N) is 3. The van der Waals surface area contributed by atoms with Crippen LogP contribution in [0.5, 0.6) is 0 Å². The van der Waals surface area contributed by atoms with E-state index in [-0.39, 0.29) is 0 Å². The van der Waals surface area contributed by atoms with E-state index >= 15 is 0 Å². The number of anilines is 1. The Labute approximate surface area is 123 Å². The lowest BCUT2D eigenvalue weighted by molar-refractivity contribution is 0.941. The van der Waals surface area contributed by atoms with Gasteiger partial charge in [0.05, 0.1) is 0 Å². The summed E-state index contributed by atoms with van der Waals surface area (Å²) in [7, 11) is 0. The molecule has 0 aliphatic heterocycles. The Morgan fingerprint density at radius 1 is 1.10 bits per heavy atom. The van der Waals surface area contributed by atoms with Gasteiger partial charge in [0.1, 0.15) is 11.6 Å². The maximum absolute atomic E-state index is 6.16. The van der Waals surface area contributed by atoms with E-state index in [4.69, 9.17) is 5.73 Å². The van der Waals surface area contributed by atoms with Gasteiger partial charge in [-0.2, -0.15) is 0 Å². The molecule has 0 atom stereocenters. The number of aromatic nitrogens is 3. The molecule has 2 aromatic heterocycles. The molecule has 0 radical (unpaired) electrons. The molecular formula is C17H16N4. The minimum atomic E-state index is 0.522. The summed E-state index contributed by atoms with van der Waals surface area (Å²) < 4.78 is 0. The van der Waals surface area contributed by atoms with E-state index in [2.05, 4.69) is 34.0 Å². The fourth-order valence-electron chi connectivity index (χ4n) is 2.62. The summed E-state index contributed by atoms with van der Waals surface area (Å²) in [5.74, 6) is 1.95. The molecule has 1 aliphatic carbocycles. The van der Waals surface area contributed by atoms with Crippen LogP contribution in [0.15, 0.2) is 36.5 Å². The van der Waals surface area contributed by atoms with Crippen LogP contribution in [-0.2, 0) is 0 Å². The first-order chi connectivity index (χ1) is 10.2. The van der Waals surface area contributed by atoms with Crippen molar-refractivity contribution in [1.29, 1.82) is 0 Å². The van der Waals surface area contributed by atoms with Crippen LogP contribution < -0.4 is 5.73 Å². The van der Waals surface area contributed by atoms with Crippen molar-refractivity contribution < 1.29 is 0 Å². The molecule has 0 spiro atoms. The van der Waals surface area contributed by atoms with Gasteiger partial charge in [0.25, 0.3) is 0 Å². The highest BCUT2D eigenvalue weighted by molar-refractivity contribution is 5.87. The van der Waals surface area contributed by atoms with Crippen LogP contribution in [0.4, 0.5) is 5.82 Å². The van der Waals surface area contributed by atoms with Crippen LogP contribution in [0.3, 0.4) is 0 Å². The zero-order valence-corrected chi connectivity index (χ0v) is 11.9. The number of fused-ring (bicyclic) bond motifs is 1. The Balaban J connectivity index is 1.89. The summed E-state index contributed by atoms with van der Waals surface area (Å²) in [6, 6.07) is 10.2. The highest BCUT2D eigenvalue weighted by Crippen LogP contribution is 2.38. The summed E-state index contributed by atoms with van der Waals surface area (Å²) in [5.41, 5.74) is 10.1. The molecule has 21 heavy (non-hydrogen) atoms. The third-order valence-electron chi connectivity index (χ3n) is 3.99. The maximum Gasteiger partial charge on any atom is 0.165 e. The lowest BCUT2D eigenvalue weighted by Gasteiger charge is -2.10. The number of rotatable bonds is 2. The first-order valence-corrected chi connectivity index (χ1v) is 7.21. The average Bonchev–Trinajstić information content (AvgIpc) is 3.31. The van der Waals surface area contributed by atoms with Crippen molar-refractivity contribution in [2.75, 3.05) is 5.73 Å². The van der Waals surface area contributed by atoms with Gasteiger partial charge in [-0.15, -0.1) is 0 Å². The minimum absolute atomic E-state index is 0.522. The molecule has 1 aliphatic rings. The van der Waals surface area contributed by atoms with Crippen molar-refractivity contribution in [3.05, 3.63) is 47.9 Å². The molecule has 104 valence electrons. The molecule has 2 N–H and O–H groups in total. The van der Waals surface area contributed by atoms with E-state index in [0.717, 1.165) is 22.3 Å². The second-order valence-corrected chi connectivity index (χ2v) is 5.65. The molecule has 1 fully saturated rings. The number of benzene rings is 1. The monoisotopic (exact) mass is 276 g/mol. The van der Waals surface area contributed by atoms with Crippen LogP contribution in [-0.4, -0.2) is 15.0 Å². The molecule has 0 amide bonds. The number of pyridine rings is 1. The number of aryl methyl sites for hydroxylation is 1. The molecule has 4 heteroatoms. The van der Waals surface area contributed by atoms with E-state index in [1.807, 2.05) is 24.4 Å². The zero-order valence-electron chi connectivity index (χ0n) is 11.9. The normalized spacial score (nSPS) is 14.5. The largest absolute Gasteiger partial charge is 0.383 e. The van der Waals surface area contributed by atoms with Gasteiger partial charge in [0.2, 0.25) is 0 Å². The Morgan fingerprint density at radius 2 is 1.90 bits per heavy atom.